The average Bonchev–Trinajstić information content (AvgIpc) is 2.79. The molecule has 0 N–H and O–H groups in total. The maximum atomic E-state index is 13.4. The van der Waals surface area contributed by atoms with Crippen molar-refractivity contribution in [1.82, 2.24) is 9.88 Å². The fraction of sp³-hybridized carbons (Fsp3) is 0.750. The fourth-order valence-corrected chi connectivity index (χ4v) is 1.77. The summed E-state index contributed by atoms with van der Waals surface area (Å²) in [6, 6.07) is 0. The van der Waals surface area contributed by atoms with Crippen molar-refractivity contribution in [3.05, 3.63) is 18.4 Å². The zero-order valence-corrected chi connectivity index (χ0v) is 10.3. The van der Waals surface area contributed by atoms with Crippen LogP contribution in [-0.2, 0) is 6.54 Å². The van der Waals surface area contributed by atoms with Gasteiger partial charge in [0.2, 0.25) is 0 Å². The minimum absolute atomic E-state index is 0.195. The maximum Gasteiger partial charge on any atom is 0.180 e. The van der Waals surface area contributed by atoms with Crippen LogP contribution >= 0.6 is 0 Å². The van der Waals surface area contributed by atoms with E-state index in [1.165, 1.54) is 6.39 Å². The number of nitrogens with zero attached hydrogens (tertiary/aromatic N) is 2. The first-order valence-corrected chi connectivity index (χ1v) is 5.99. The Morgan fingerprint density at radius 2 is 2.31 bits per heavy atom. The molecule has 1 fully saturated rings. The van der Waals surface area contributed by atoms with E-state index >= 15 is 0 Å². The van der Waals surface area contributed by atoms with Crippen molar-refractivity contribution in [2.24, 2.45) is 5.92 Å². The minimum Gasteiger partial charge on any atom is -0.447 e. The highest BCUT2D eigenvalue weighted by molar-refractivity contribution is 4.90. The van der Waals surface area contributed by atoms with Gasteiger partial charge in [-0.1, -0.05) is 20.8 Å². The maximum absolute atomic E-state index is 13.4. The highest BCUT2D eigenvalue weighted by Gasteiger charge is 2.25. The summed E-state index contributed by atoms with van der Waals surface area (Å²) in [5.41, 5.74) is 0. The first-order chi connectivity index (χ1) is 7.75. The summed E-state index contributed by atoms with van der Waals surface area (Å²) in [5, 5.41) is 0. The van der Waals surface area contributed by atoms with Gasteiger partial charge in [0, 0.05) is 6.54 Å². The standard InChI is InChI=1S/C10H15FN2O.C2H6/c1-8-2-3-13(6-10(8)11)5-9-4-12-7-14-9;1-2/h4,7-8,10H,2-3,5-6H2,1H3;1-2H3. The smallest absolute Gasteiger partial charge is 0.180 e. The van der Waals surface area contributed by atoms with Crippen LogP contribution < -0.4 is 0 Å². The Hall–Kier alpha value is -0.900. The highest BCUT2D eigenvalue weighted by atomic mass is 19.1. The quantitative estimate of drug-likeness (QED) is 0.779. The summed E-state index contributed by atoms with van der Waals surface area (Å²) >= 11 is 0. The second-order valence-electron chi connectivity index (χ2n) is 3.98. The fourth-order valence-electron chi connectivity index (χ4n) is 1.77. The van der Waals surface area contributed by atoms with Gasteiger partial charge in [0.1, 0.15) is 11.9 Å². The monoisotopic (exact) mass is 228 g/mol. The van der Waals surface area contributed by atoms with Gasteiger partial charge in [-0.15, -0.1) is 0 Å². The molecule has 1 aromatic rings. The lowest BCUT2D eigenvalue weighted by molar-refractivity contribution is 0.0838. The number of oxazole rings is 1. The Morgan fingerprint density at radius 3 is 2.88 bits per heavy atom. The predicted molar refractivity (Wildman–Crippen MR) is 61.8 cm³/mol. The van der Waals surface area contributed by atoms with E-state index in [2.05, 4.69) is 9.88 Å². The van der Waals surface area contributed by atoms with Gasteiger partial charge < -0.3 is 4.42 Å². The van der Waals surface area contributed by atoms with Crippen LogP contribution in [0.2, 0.25) is 0 Å². The van der Waals surface area contributed by atoms with Gasteiger partial charge in [-0.2, -0.15) is 0 Å². The van der Waals surface area contributed by atoms with Gasteiger partial charge in [-0.05, 0) is 18.9 Å². The highest BCUT2D eigenvalue weighted by Crippen LogP contribution is 2.21. The summed E-state index contributed by atoms with van der Waals surface area (Å²) in [5.74, 6) is 1.01. The van der Waals surface area contributed by atoms with Crippen LogP contribution in [0, 0.1) is 5.92 Å². The van der Waals surface area contributed by atoms with Crippen LogP contribution in [0.1, 0.15) is 33.0 Å². The van der Waals surface area contributed by atoms with E-state index in [-0.39, 0.29) is 5.92 Å². The lowest BCUT2D eigenvalue weighted by Crippen LogP contribution is -2.40. The van der Waals surface area contributed by atoms with E-state index in [0.29, 0.717) is 13.1 Å². The summed E-state index contributed by atoms with van der Waals surface area (Å²) in [7, 11) is 0. The third kappa shape index (κ3) is 3.59. The third-order valence-corrected chi connectivity index (χ3v) is 2.81. The van der Waals surface area contributed by atoms with E-state index in [4.69, 9.17) is 4.42 Å². The molecule has 0 aromatic carbocycles. The van der Waals surface area contributed by atoms with Gasteiger partial charge in [-0.25, -0.2) is 9.37 Å². The zero-order chi connectivity index (χ0) is 12.0. The molecule has 16 heavy (non-hydrogen) atoms. The molecular formula is C12H21FN2O. The lowest BCUT2D eigenvalue weighted by atomic mass is 9.97. The van der Waals surface area contributed by atoms with Crippen molar-refractivity contribution in [3.8, 4) is 0 Å². The second kappa shape index (κ2) is 6.63. The molecule has 4 heteroatoms. The summed E-state index contributed by atoms with van der Waals surface area (Å²) in [4.78, 5) is 5.91. The molecule has 0 bridgehead atoms. The number of hydrogen-bond donors (Lipinski definition) is 0. The van der Waals surface area contributed by atoms with Crippen molar-refractivity contribution in [2.45, 2.75) is 39.9 Å². The topological polar surface area (TPSA) is 29.3 Å². The van der Waals surface area contributed by atoms with Crippen LogP contribution in [0.4, 0.5) is 4.39 Å². The first-order valence-electron chi connectivity index (χ1n) is 5.99. The number of piperidine rings is 1. The molecule has 2 atom stereocenters. The van der Waals surface area contributed by atoms with E-state index in [0.717, 1.165) is 18.7 Å². The third-order valence-electron chi connectivity index (χ3n) is 2.81. The SMILES string of the molecule is CC.CC1CCN(Cc2cnco2)CC1F. The molecule has 1 aliphatic heterocycles. The summed E-state index contributed by atoms with van der Waals surface area (Å²) in [6.07, 6.45) is 3.32. The Kier molecular flexibility index (Phi) is 5.46. The molecule has 3 nitrogen and oxygen atoms in total. The Labute approximate surface area is 96.7 Å². The molecule has 2 unspecified atom stereocenters. The van der Waals surface area contributed by atoms with E-state index in [1.54, 1.807) is 6.20 Å². The molecule has 2 heterocycles. The van der Waals surface area contributed by atoms with Gasteiger partial charge in [0.15, 0.2) is 6.39 Å². The van der Waals surface area contributed by atoms with Crippen LogP contribution in [0.3, 0.4) is 0 Å². The van der Waals surface area contributed by atoms with Gasteiger partial charge in [0.05, 0.1) is 12.7 Å². The number of aromatic nitrogens is 1. The molecule has 0 amide bonds. The predicted octanol–water partition coefficient (Wildman–Crippen LogP) is 2.88. The Morgan fingerprint density at radius 1 is 1.56 bits per heavy atom. The summed E-state index contributed by atoms with van der Waals surface area (Å²) < 4.78 is 18.5. The van der Waals surface area contributed by atoms with E-state index < -0.39 is 6.17 Å². The molecular weight excluding hydrogens is 207 g/mol. The molecule has 1 aromatic heterocycles. The van der Waals surface area contributed by atoms with Crippen LogP contribution in [0.15, 0.2) is 17.0 Å². The number of hydrogen-bond acceptors (Lipinski definition) is 3. The Bertz CT molecular complexity index is 277. The van der Waals surface area contributed by atoms with Gasteiger partial charge >= 0.3 is 0 Å². The number of rotatable bonds is 2. The molecule has 1 saturated heterocycles. The number of likely N-dealkylation sites (tertiary alicyclic amines) is 1. The number of halogens is 1. The molecule has 0 aliphatic carbocycles. The van der Waals surface area contributed by atoms with Crippen molar-refractivity contribution in [3.63, 3.8) is 0 Å². The van der Waals surface area contributed by atoms with Crippen LogP contribution in [0.5, 0.6) is 0 Å². The lowest BCUT2D eigenvalue weighted by Gasteiger charge is -2.32. The van der Waals surface area contributed by atoms with Crippen LogP contribution in [-0.4, -0.2) is 29.1 Å². The molecule has 0 radical (unpaired) electrons. The van der Waals surface area contributed by atoms with Crippen molar-refractivity contribution >= 4 is 0 Å². The summed E-state index contributed by atoms with van der Waals surface area (Å²) in [6.45, 7) is 8.10. The largest absolute Gasteiger partial charge is 0.447 e. The first kappa shape index (κ1) is 13.2. The van der Waals surface area contributed by atoms with Crippen molar-refractivity contribution in [2.75, 3.05) is 13.1 Å². The van der Waals surface area contributed by atoms with Crippen LogP contribution in [0.25, 0.3) is 0 Å². The van der Waals surface area contributed by atoms with E-state index in [9.17, 15) is 4.39 Å². The zero-order valence-electron chi connectivity index (χ0n) is 10.3. The minimum atomic E-state index is -0.702. The van der Waals surface area contributed by atoms with Gasteiger partial charge in [-0.3, -0.25) is 4.90 Å². The molecule has 92 valence electrons. The van der Waals surface area contributed by atoms with Crippen molar-refractivity contribution in [1.29, 1.82) is 0 Å². The molecule has 0 spiro atoms. The van der Waals surface area contributed by atoms with Crippen molar-refractivity contribution < 1.29 is 8.81 Å². The second-order valence-corrected chi connectivity index (χ2v) is 3.98. The molecule has 0 saturated carbocycles. The molecule has 2 rings (SSSR count). The van der Waals surface area contributed by atoms with E-state index in [1.807, 2.05) is 20.8 Å². The Balaban J connectivity index is 0.000000606. The number of alkyl halides is 1. The normalized spacial score (nSPS) is 26.0. The van der Waals surface area contributed by atoms with Gasteiger partial charge in [0.25, 0.3) is 0 Å². The average molecular weight is 228 g/mol. The molecule has 1 aliphatic rings.